The van der Waals surface area contributed by atoms with Gasteiger partial charge in [0.1, 0.15) is 11.7 Å². The van der Waals surface area contributed by atoms with Crippen molar-refractivity contribution in [1.82, 2.24) is 29.9 Å². The Labute approximate surface area is 309 Å². The van der Waals surface area contributed by atoms with Crippen LogP contribution in [0.15, 0.2) is 77.9 Å². The van der Waals surface area contributed by atoms with Crippen LogP contribution in [0.1, 0.15) is 30.4 Å². The minimum atomic E-state index is -1.04. The molecule has 3 atom stereocenters. The van der Waals surface area contributed by atoms with Crippen LogP contribution in [0.2, 0.25) is 10.0 Å². The summed E-state index contributed by atoms with van der Waals surface area (Å²) in [6.45, 7) is 1.40. The van der Waals surface area contributed by atoms with Crippen molar-refractivity contribution in [3.05, 3.63) is 105 Å². The minimum Gasteiger partial charge on any atom is -0.481 e. The number of carboxylic acid groups (broad SMARTS) is 1. The number of carboxylic acids is 1. The number of β-amino-alcohol motifs (C(OH)–C–C–N with tert-alkyl or cyclic N) is 1. The summed E-state index contributed by atoms with van der Waals surface area (Å²) in [7, 11) is 1.57. The van der Waals surface area contributed by atoms with Gasteiger partial charge in [0.25, 0.3) is 5.56 Å². The highest BCUT2D eigenvalue weighted by atomic mass is 35.5. The lowest BCUT2D eigenvalue weighted by Gasteiger charge is -2.20. The number of hydrogen-bond donors (Lipinski definition) is 4. The van der Waals surface area contributed by atoms with Crippen molar-refractivity contribution in [2.24, 2.45) is 0 Å². The third-order valence-corrected chi connectivity index (χ3v) is 10.4. The number of nitrogens with zero attached hydrogens (tertiary/aromatic N) is 4. The molecule has 14 heteroatoms. The summed E-state index contributed by atoms with van der Waals surface area (Å²) in [5.41, 5.74) is 5.48. The lowest BCUT2D eigenvalue weighted by atomic mass is 9.97. The van der Waals surface area contributed by atoms with Gasteiger partial charge in [-0.25, -0.2) is 9.97 Å². The number of aliphatic hydroxyl groups excluding tert-OH is 1. The molecular weight excluding hydrogens is 707 g/mol. The number of likely N-dealkylation sites (tertiary alicyclic amines) is 1. The molecule has 3 aromatic heterocycles. The summed E-state index contributed by atoms with van der Waals surface area (Å²) in [5.74, 6) is -0.485. The van der Waals surface area contributed by atoms with Gasteiger partial charge in [0.15, 0.2) is 0 Å². The number of nitrogens with one attached hydrogen (secondary N) is 2. The average molecular weight is 744 g/mol. The van der Waals surface area contributed by atoms with Crippen LogP contribution in [0.4, 0.5) is 0 Å². The molecule has 12 nitrogen and oxygen atoms in total. The molecule has 7 rings (SSSR count). The molecule has 5 heterocycles. The van der Waals surface area contributed by atoms with E-state index < -0.39 is 18.1 Å². The highest BCUT2D eigenvalue weighted by Crippen LogP contribution is 2.42. The first-order valence-corrected chi connectivity index (χ1v) is 17.6. The summed E-state index contributed by atoms with van der Waals surface area (Å²) < 4.78 is 7.05. The number of fused-ring (bicyclic) bond motifs is 1. The van der Waals surface area contributed by atoms with Crippen molar-refractivity contribution in [1.29, 1.82) is 0 Å². The minimum absolute atomic E-state index is 0.0598. The highest BCUT2D eigenvalue weighted by molar-refractivity contribution is 6.39. The second-order valence-corrected chi connectivity index (χ2v) is 13.8. The molecule has 2 aliphatic rings. The van der Waals surface area contributed by atoms with Crippen LogP contribution in [-0.4, -0.2) is 79.7 Å². The SMILES string of the molecule is COc1nc(-c2cccc(-c3cccc(-c4ccn5c(=O)c(CN6C[C@H](O)C[C@@H]6C(=O)O)cnc5c4)c3Cl)c2Cl)ccc1CNC[C@@H]1CCC(=O)N1. The Morgan fingerprint density at radius 1 is 1.02 bits per heavy atom. The topological polar surface area (TPSA) is 158 Å². The first kappa shape index (κ1) is 35.5. The zero-order chi connectivity index (χ0) is 36.5. The van der Waals surface area contributed by atoms with E-state index >= 15 is 0 Å². The first-order valence-electron chi connectivity index (χ1n) is 16.9. The van der Waals surface area contributed by atoms with Gasteiger partial charge >= 0.3 is 5.97 Å². The Morgan fingerprint density at radius 3 is 2.46 bits per heavy atom. The highest BCUT2D eigenvalue weighted by Gasteiger charge is 2.36. The van der Waals surface area contributed by atoms with E-state index in [9.17, 15) is 24.6 Å². The van der Waals surface area contributed by atoms with E-state index in [0.717, 1.165) is 17.5 Å². The first-order chi connectivity index (χ1) is 25.1. The largest absolute Gasteiger partial charge is 0.481 e. The van der Waals surface area contributed by atoms with Crippen molar-refractivity contribution < 1.29 is 24.5 Å². The van der Waals surface area contributed by atoms with E-state index in [1.54, 1.807) is 30.3 Å². The number of carbonyl (C=O) groups excluding carboxylic acids is 1. The number of pyridine rings is 2. The van der Waals surface area contributed by atoms with Crippen LogP contribution in [0.25, 0.3) is 39.2 Å². The number of halogens is 2. The lowest BCUT2D eigenvalue weighted by molar-refractivity contribution is -0.142. The number of amides is 1. The Kier molecular flexibility index (Phi) is 10.3. The summed E-state index contributed by atoms with van der Waals surface area (Å²) >= 11 is 14.2. The van der Waals surface area contributed by atoms with E-state index in [4.69, 9.17) is 32.9 Å². The zero-order valence-corrected chi connectivity index (χ0v) is 29.7. The van der Waals surface area contributed by atoms with Crippen LogP contribution >= 0.6 is 23.2 Å². The molecule has 2 fully saturated rings. The predicted octanol–water partition coefficient (Wildman–Crippen LogP) is 4.79. The molecule has 0 bridgehead atoms. The predicted molar refractivity (Wildman–Crippen MR) is 197 cm³/mol. The van der Waals surface area contributed by atoms with Crippen molar-refractivity contribution >= 4 is 40.7 Å². The molecular formula is C38H36Cl2N6O6. The fourth-order valence-electron chi connectivity index (χ4n) is 6.96. The molecule has 0 unspecified atom stereocenters. The van der Waals surface area contributed by atoms with Crippen LogP contribution in [0.5, 0.6) is 5.88 Å². The maximum absolute atomic E-state index is 13.4. The monoisotopic (exact) mass is 742 g/mol. The van der Waals surface area contributed by atoms with Crippen molar-refractivity contribution in [3.63, 3.8) is 0 Å². The number of benzene rings is 2. The van der Waals surface area contributed by atoms with Gasteiger partial charge in [-0.3, -0.25) is 23.7 Å². The number of aliphatic carboxylic acids is 1. The van der Waals surface area contributed by atoms with E-state index in [1.807, 2.05) is 48.5 Å². The number of hydrogen-bond acceptors (Lipinski definition) is 9. The third-order valence-electron chi connectivity index (χ3n) is 9.62. The Balaban J connectivity index is 1.14. The Hall–Kier alpha value is -4.85. The molecule has 2 aliphatic heterocycles. The van der Waals surface area contributed by atoms with Crippen molar-refractivity contribution in [3.8, 4) is 39.4 Å². The normalized spacial score (nSPS) is 18.9. The van der Waals surface area contributed by atoms with Crippen LogP contribution in [0.3, 0.4) is 0 Å². The molecule has 5 aromatic rings. The lowest BCUT2D eigenvalue weighted by Crippen LogP contribution is -2.37. The molecule has 0 radical (unpaired) electrons. The summed E-state index contributed by atoms with van der Waals surface area (Å²) in [6.07, 6.45) is 3.79. The number of rotatable bonds is 11. The van der Waals surface area contributed by atoms with Gasteiger partial charge < -0.3 is 25.6 Å². The van der Waals surface area contributed by atoms with E-state index in [-0.39, 0.29) is 37.0 Å². The Morgan fingerprint density at radius 2 is 1.75 bits per heavy atom. The van der Waals surface area contributed by atoms with Crippen molar-refractivity contribution in [2.45, 2.75) is 50.5 Å². The summed E-state index contributed by atoms with van der Waals surface area (Å²) in [6, 6.07) is 18.0. The average Bonchev–Trinajstić information content (AvgIpc) is 3.73. The summed E-state index contributed by atoms with van der Waals surface area (Å²) in [4.78, 5) is 47.4. The van der Waals surface area contributed by atoms with Gasteiger partial charge in [0, 0.05) is 85.3 Å². The van der Waals surface area contributed by atoms with Gasteiger partial charge in [-0.1, -0.05) is 65.7 Å². The molecule has 0 saturated carbocycles. The van der Waals surface area contributed by atoms with Gasteiger partial charge in [-0.2, -0.15) is 0 Å². The molecule has 4 N–H and O–H groups in total. The van der Waals surface area contributed by atoms with Crippen LogP contribution < -0.4 is 20.9 Å². The number of aromatic nitrogens is 3. The van der Waals surface area contributed by atoms with Crippen LogP contribution in [-0.2, 0) is 22.7 Å². The van der Waals surface area contributed by atoms with Gasteiger partial charge in [-0.15, -0.1) is 0 Å². The zero-order valence-electron chi connectivity index (χ0n) is 28.2. The molecule has 1 amide bonds. The molecule has 0 aliphatic carbocycles. The summed E-state index contributed by atoms with van der Waals surface area (Å²) in [5, 5.41) is 26.8. The smallest absolute Gasteiger partial charge is 0.321 e. The fraction of sp³-hybridized carbons (Fsp3) is 0.289. The molecule has 0 spiro atoms. The number of methoxy groups -OCH3 is 1. The van der Waals surface area contributed by atoms with E-state index in [0.29, 0.717) is 74.6 Å². The maximum Gasteiger partial charge on any atom is 0.321 e. The molecule has 268 valence electrons. The van der Waals surface area contributed by atoms with E-state index in [1.165, 1.54) is 10.6 Å². The second kappa shape index (κ2) is 15.0. The Bertz CT molecular complexity index is 2250. The number of aliphatic hydroxyl groups is 1. The van der Waals surface area contributed by atoms with Gasteiger partial charge in [0.05, 0.1) is 34.5 Å². The quantitative estimate of drug-likeness (QED) is 0.148. The van der Waals surface area contributed by atoms with Crippen LogP contribution in [0, 0.1) is 0 Å². The number of ether oxygens (including phenoxy) is 1. The van der Waals surface area contributed by atoms with E-state index in [2.05, 4.69) is 15.6 Å². The third kappa shape index (κ3) is 7.12. The molecule has 2 saturated heterocycles. The van der Waals surface area contributed by atoms with Gasteiger partial charge in [0.2, 0.25) is 11.8 Å². The number of carbonyl (C=O) groups is 2. The fourth-order valence-corrected chi connectivity index (χ4v) is 7.62. The second-order valence-electron chi connectivity index (χ2n) is 13.0. The maximum atomic E-state index is 13.4. The molecule has 52 heavy (non-hydrogen) atoms. The standard InChI is InChI=1S/C38H36Cl2N6O6/c1-52-36-22(16-41-18-24-9-11-33(48)43-24)8-10-30(44-36)29-7-3-6-28(35(29)40)27-5-2-4-26(34(27)39)21-12-13-46-32(14-21)42-17-23(37(46)49)19-45-20-25(47)15-31(45)38(50)51/h2-8,10,12-14,17,24-25,31,41,47H,9,11,15-16,18-20H2,1H3,(H,43,48)(H,50,51)/t24-,25+,31+/m0/s1. The molecule has 2 aromatic carbocycles. The van der Waals surface area contributed by atoms with Crippen molar-refractivity contribution in [2.75, 3.05) is 20.2 Å². The van der Waals surface area contributed by atoms with Gasteiger partial charge in [-0.05, 0) is 30.2 Å².